The van der Waals surface area contributed by atoms with Crippen LogP contribution in [0.25, 0.3) is 16.8 Å². The summed E-state index contributed by atoms with van der Waals surface area (Å²) in [4.78, 5) is 11.1. The number of hydrogen-bond donors (Lipinski definition) is 1. The molecule has 17 heavy (non-hydrogen) atoms. The third-order valence-electron chi connectivity index (χ3n) is 2.59. The van der Waals surface area contributed by atoms with Gasteiger partial charge in [-0.15, -0.1) is 0 Å². The summed E-state index contributed by atoms with van der Waals surface area (Å²) in [6, 6.07) is 11.5. The average Bonchev–Trinajstić information content (AvgIpc) is 2.36. The van der Waals surface area contributed by atoms with E-state index in [1.807, 2.05) is 36.4 Å². The second-order valence-corrected chi connectivity index (χ2v) is 3.65. The van der Waals surface area contributed by atoms with Crippen molar-refractivity contribution in [2.45, 2.75) is 0 Å². The lowest BCUT2D eigenvalue weighted by atomic mass is 10.0. The molecule has 0 saturated carbocycles. The largest absolute Gasteiger partial charge is 0.466 e. The Morgan fingerprint density at radius 3 is 2.65 bits per heavy atom. The highest BCUT2D eigenvalue weighted by Crippen LogP contribution is 2.24. The molecule has 2 aromatic carbocycles. The zero-order valence-corrected chi connectivity index (χ0v) is 9.51. The van der Waals surface area contributed by atoms with Gasteiger partial charge >= 0.3 is 5.97 Å². The minimum Gasteiger partial charge on any atom is -0.466 e. The number of rotatable bonds is 2. The van der Waals surface area contributed by atoms with Crippen LogP contribution in [0, 0.1) is 0 Å². The topological polar surface area (TPSA) is 52.3 Å². The van der Waals surface area contributed by atoms with Gasteiger partial charge in [0.2, 0.25) is 0 Å². The second-order valence-electron chi connectivity index (χ2n) is 3.65. The van der Waals surface area contributed by atoms with Crippen molar-refractivity contribution in [3.05, 3.63) is 48.0 Å². The van der Waals surface area contributed by atoms with Gasteiger partial charge in [0.1, 0.15) is 0 Å². The average molecular weight is 227 g/mol. The van der Waals surface area contributed by atoms with Crippen LogP contribution >= 0.6 is 0 Å². The quantitative estimate of drug-likeness (QED) is 0.487. The second kappa shape index (κ2) is 4.70. The summed E-state index contributed by atoms with van der Waals surface area (Å²) < 4.78 is 4.56. The lowest BCUT2D eigenvalue weighted by molar-refractivity contribution is -0.134. The van der Waals surface area contributed by atoms with Gasteiger partial charge in [-0.2, -0.15) is 0 Å². The molecule has 3 nitrogen and oxygen atoms in total. The standard InChI is InChI=1S/C14H13NO2/c1-17-14(16)9-8-10-4-2-6-12-11(10)5-3-7-13(12)15/h2-9H,15H2,1H3. The zero-order valence-electron chi connectivity index (χ0n) is 9.51. The first-order chi connectivity index (χ1) is 8.22. The fraction of sp³-hybridized carbons (Fsp3) is 0.0714. The molecule has 0 amide bonds. The molecule has 3 heteroatoms. The van der Waals surface area contributed by atoms with Gasteiger partial charge < -0.3 is 10.5 Å². The summed E-state index contributed by atoms with van der Waals surface area (Å²) in [5.74, 6) is -0.370. The molecular weight excluding hydrogens is 214 g/mol. The van der Waals surface area contributed by atoms with E-state index in [9.17, 15) is 4.79 Å². The summed E-state index contributed by atoms with van der Waals surface area (Å²) in [6.45, 7) is 0. The Morgan fingerprint density at radius 2 is 1.88 bits per heavy atom. The number of nitrogen functional groups attached to an aromatic ring is 1. The fourth-order valence-corrected chi connectivity index (χ4v) is 1.73. The molecule has 0 radical (unpaired) electrons. The van der Waals surface area contributed by atoms with E-state index in [1.54, 1.807) is 6.08 Å². The number of anilines is 1. The van der Waals surface area contributed by atoms with Crippen molar-refractivity contribution >= 4 is 28.5 Å². The Labute approximate surface area is 99.5 Å². The number of carbonyl (C=O) groups is 1. The van der Waals surface area contributed by atoms with Crippen molar-refractivity contribution in [3.8, 4) is 0 Å². The highest BCUT2D eigenvalue weighted by Gasteiger charge is 2.01. The number of hydrogen-bond acceptors (Lipinski definition) is 3. The van der Waals surface area contributed by atoms with Crippen molar-refractivity contribution in [3.63, 3.8) is 0 Å². The maximum atomic E-state index is 11.1. The van der Waals surface area contributed by atoms with Crippen LogP contribution in [0.15, 0.2) is 42.5 Å². The smallest absolute Gasteiger partial charge is 0.330 e. The summed E-state index contributed by atoms with van der Waals surface area (Å²) in [5.41, 5.74) is 7.57. The summed E-state index contributed by atoms with van der Waals surface area (Å²) in [6.07, 6.45) is 3.13. The molecule has 0 unspecified atom stereocenters. The molecule has 0 saturated heterocycles. The summed E-state index contributed by atoms with van der Waals surface area (Å²) in [7, 11) is 1.35. The molecule has 2 rings (SSSR count). The number of methoxy groups -OCH3 is 1. The van der Waals surface area contributed by atoms with E-state index in [0.29, 0.717) is 0 Å². The van der Waals surface area contributed by atoms with E-state index in [1.165, 1.54) is 13.2 Å². The Balaban J connectivity index is 2.52. The molecule has 0 aliphatic rings. The van der Waals surface area contributed by atoms with Gasteiger partial charge in [0, 0.05) is 17.1 Å². The van der Waals surface area contributed by atoms with Gasteiger partial charge in [-0.25, -0.2) is 4.79 Å². The first kappa shape index (κ1) is 11.2. The SMILES string of the molecule is COC(=O)C=Cc1cccc2c(N)cccc12. The Bertz CT molecular complexity index is 588. The molecule has 0 fully saturated rings. The highest BCUT2D eigenvalue weighted by atomic mass is 16.5. The maximum Gasteiger partial charge on any atom is 0.330 e. The normalized spacial score (nSPS) is 10.9. The number of ether oxygens (including phenoxy) is 1. The van der Waals surface area contributed by atoms with Crippen molar-refractivity contribution in [2.24, 2.45) is 0 Å². The molecule has 2 N–H and O–H groups in total. The van der Waals surface area contributed by atoms with E-state index in [2.05, 4.69) is 4.74 Å². The van der Waals surface area contributed by atoms with E-state index in [-0.39, 0.29) is 5.97 Å². The number of esters is 1. The number of nitrogens with two attached hydrogens (primary N) is 1. The van der Waals surface area contributed by atoms with Crippen molar-refractivity contribution in [2.75, 3.05) is 12.8 Å². The molecule has 0 spiro atoms. The predicted octanol–water partition coefficient (Wildman–Crippen LogP) is 2.61. The van der Waals surface area contributed by atoms with Crippen molar-refractivity contribution < 1.29 is 9.53 Å². The number of benzene rings is 2. The van der Waals surface area contributed by atoms with Gasteiger partial charge in [-0.05, 0) is 23.1 Å². The Kier molecular flexibility index (Phi) is 3.10. The van der Waals surface area contributed by atoms with Gasteiger partial charge in [-0.1, -0.05) is 30.3 Å². The Hall–Kier alpha value is -2.29. The number of fused-ring (bicyclic) bond motifs is 1. The van der Waals surface area contributed by atoms with Crippen LogP contribution in [0.4, 0.5) is 5.69 Å². The van der Waals surface area contributed by atoms with Crippen LogP contribution in [-0.4, -0.2) is 13.1 Å². The summed E-state index contributed by atoms with van der Waals surface area (Å²) >= 11 is 0. The van der Waals surface area contributed by atoms with Gasteiger partial charge in [0.05, 0.1) is 7.11 Å². The van der Waals surface area contributed by atoms with Crippen LogP contribution in [0.2, 0.25) is 0 Å². The van der Waals surface area contributed by atoms with Crippen LogP contribution in [0.1, 0.15) is 5.56 Å². The first-order valence-electron chi connectivity index (χ1n) is 5.25. The van der Waals surface area contributed by atoms with E-state index in [4.69, 9.17) is 5.73 Å². The summed E-state index contributed by atoms with van der Waals surface area (Å²) in [5, 5.41) is 2.01. The molecule has 0 atom stereocenters. The minimum absolute atomic E-state index is 0.370. The van der Waals surface area contributed by atoms with Gasteiger partial charge in [0.15, 0.2) is 0 Å². The molecule has 86 valence electrons. The zero-order chi connectivity index (χ0) is 12.3. The molecule has 2 aromatic rings. The van der Waals surface area contributed by atoms with Crippen molar-refractivity contribution in [1.29, 1.82) is 0 Å². The van der Waals surface area contributed by atoms with Crippen LogP contribution < -0.4 is 5.73 Å². The molecule has 0 aliphatic heterocycles. The van der Waals surface area contributed by atoms with Crippen molar-refractivity contribution in [1.82, 2.24) is 0 Å². The predicted molar refractivity (Wildman–Crippen MR) is 69.4 cm³/mol. The van der Waals surface area contributed by atoms with Crippen LogP contribution in [0.3, 0.4) is 0 Å². The molecule has 0 aliphatic carbocycles. The van der Waals surface area contributed by atoms with E-state index in [0.717, 1.165) is 22.0 Å². The Morgan fingerprint density at radius 1 is 1.18 bits per heavy atom. The lowest BCUT2D eigenvalue weighted by Gasteiger charge is -2.04. The third-order valence-corrected chi connectivity index (χ3v) is 2.59. The highest BCUT2D eigenvalue weighted by molar-refractivity contribution is 5.99. The molecular formula is C14H13NO2. The lowest BCUT2D eigenvalue weighted by Crippen LogP contribution is -1.93. The van der Waals surface area contributed by atoms with Crippen LogP contribution in [-0.2, 0) is 9.53 Å². The minimum atomic E-state index is -0.370. The first-order valence-corrected chi connectivity index (χ1v) is 5.25. The molecule has 0 bridgehead atoms. The van der Waals surface area contributed by atoms with E-state index < -0.39 is 0 Å². The maximum absolute atomic E-state index is 11.1. The van der Waals surface area contributed by atoms with Gasteiger partial charge in [0.25, 0.3) is 0 Å². The fourth-order valence-electron chi connectivity index (χ4n) is 1.73. The molecule has 0 aromatic heterocycles. The third kappa shape index (κ3) is 2.28. The number of carbonyl (C=O) groups excluding carboxylic acids is 1. The van der Waals surface area contributed by atoms with Gasteiger partial charge in [-0.3, -0.25) is 0 Å². The molecule has 0 heterocycles. The monoisotopic (exact) mass is 227 g/mol. The van der Waals surface area contributed by atoms with E-state index >= 15 is 0 Å². The van der Waals surface area contributed by atoms with Crippen LogP contribution in [0.5, 0.6) is 0 Å².